The Hall–Kier alpha value is -1.06. The van der Waals surface area contributed by atoms with Crippen LogP contribution in [0.5, 0.6) is 0 Å². The molecule has 0 spiro atoms. The van der Waals surface area contributed by atoms with Gasteiger partial charge in [0.05, 0.1) is 6.04 Å². The topological polar surface area (TPSA) is 46.6 Å². The third-order valence-corrected chi connectivity index (χ3v) is 4.94. The van der Waals surface area contributed by atoms with E-state index >= 15 is 0 Å². The van der Waals surface area contributed by atoms with Gasteiger partial charge in [0.2, 0.25) is 5.91 Å². The smallest absolute Gasteiger partial charge is 0.416 e. The van der Waals surface area contributed by atoms with E-state index in [0.717, 1.165) is 6.42 Å². The summed E-state index contributed by atoms with van der Waals surface area (Å²) in [6.45, 7) is 4.39. The molecule has 1 saturated heterocycles. The number of fused-ring (bicyclic) bond motifs is 2. The highest BCUT2D eigenvalue weighted by Crippen LogP contribution is 2.52. The van der Waals surface area contributed by atoms with Crippen molar-refractivity contribution in [2.45, 2.75) is 39.2 Å². The largest absolute Gasteiger partial charge is 0.447 e. The summed E-state index contributed by atoms with van der Waals surface area (Å²) >= 11 is 0. The Balaban J connectivity index is 1.80. The Labute approximate surface area is 101 Å². The Bertz CT molecular complexity index is 366. The molecule has 3 rings (SSSR count). The van der Waals surface area contributed by atoms with Crippen LogP contribution in [-0.2, 0) is 9.53 Å². The second kappa shape index (κ2) is 3.72. The fourth-order valence-electron chi connectivity index (χ4n) is 3.99. The van der Waals surface area contributed by atoms with Gasteiger partial charge in [0.1, 0.15) is 6.61 Å². The number of carbonyl (C=O) groups is 2. The minimum Gasteiger partial charge on any atom is -0.447 e. The van der Waals surface area contributed by atoms with Gasteiger partial charge < -0.3 is 4.74 Å². The molecule has 3 fully saturated rings. The summed E-state index contributed by atoms with van der Waals surface area (Å²) in [7, 11) is 0. The van der Waals surface area contributed by atoms with Crippen molar-refractivity contribution in [3.8, 4) is 0 Å². The van der Waals surface area contributed by atoms with E-state index in [0.29, 0.717) is 24.4 Å². The Kier molecular flexibility index (Phi) is 2.42. The van der Waals surface area contributed by atoms with E-state index in [9.17, 15) is 9.59 Å². The summed E-state index contributed by atoms with van der Waals surface area (Å²) < 4.78 is 4.94. The first-order chi connectivity index (χ1) is 8.09. The van der Waals surface area contributed by atoms with Gasteiger partial charge in [-0.1, -0.05) is 6.92 Å². The lowest BCUT2D eigenvalue weighted by Crippen LogP contribution is -2.44. The van der Waals surface area contributed by atoms with Crippen molar-refractivity contribution in [1.29, 1.82) is 0 Å². The second-order valence-corrected chi connectivity index (χ2v) is 5.85. The molecule has 17 heavy (non-hydrogen) atoms. The maximum absolute atomic E-state index is 12.5. The van der Waals surface area contributed by atoms with Gasteiger partial charge in [0, 0.05) is 5.92 Å². The van der Waals surface area contributed by atoms with Crippen molar-refractivity contribution in [3.05, 3.63) is 0 Å². The van der Waals surface area contributed by atoms with E-state index in [4.69, 9.17) is 4.74 Å². The van der Waals surface area contributed by atoms with E-state index in [1.165, 1.54) is 17.7 Å². The highest BCUT2D eigenvalue weighted by atomic mass is 16.6. The Morgan fingerprint density at radius 3 is 2.53 bits per heavy atom. The van der Waals surface area contributed by atoms with E-state index < -0.39 is 6.09 Å². The van der Waals surface area contributed by atoms with Crippen LogP contribution in [0.15, 0.2) is 0 Å². The summed E-state index contributed by atoms with van der Waals surface area (Å²) in [5.74, 6) is 1.70. The van der Waals surface area contributed by atoms with Gasteiger partial charge in [-0.2, -0.15) is 0 Å². The zero-order valence-corrected chi connectivity index (χ0v) is 10.4. The normalized spacial score (nSPS) is 44.2. The molecule has 1 aliphatic heterocycles. The lowest BCUT2D eigenvalue weighted by atomic mass is 9.79. The SMILES string of the molecule is CC1C2CCC(C2)C1C(=O)N1C(=O)OCC1C. The average Bonchev–Trinajstić information content (AvgIpc) is 2.93. The summed E-state index contributed by atoms with van der Waals surface area (Å²) in [6.07, 6.45) is 3.14. The molecule has 0 aromatic carbocycles. The fourth-order valence-corrected chi connectivity index (χ4v) is 3.99. The molecule has 5 atom stereocenters. The first kappa shape index (κ1) is 11.1. The number of rotatable bonds is 1. The zero-order chi connectivity index (χ0) is 12.2. The summed E-state index contributed by atoms with van der Waals surface area (Å²) in [4.78, 5) is 25.4. The van der Waals surface area contributed by atoms with Crippen LogP contribution in [0.1, 0.15) is 33.1 Å². The number of amides is 2. The second-order valence-electron chi connectivity index (χ2n) is 5.85. The van der Waals surface area contributed by atoms with Gasteiger partial charge in [-0.15, -0.1) is 0 Å². The van der Waals surface area contributed by atoms with Gasteiger partial charge in [-0.05, 0) is 43.9 Å². The number of ether oxygens (including phenoxy) is 1. The molecule has 4 nitrogen and oxygen atoms in total. The number of carbonyl (C=O) groups excluding carboxylic acids is 2. The van der Waals surface area contributed by atoms with Gasteiger partial charge in [-0.3, -0.25) is 4.79 Å². The highest BCUT2D eigenvalue weighted by Gasteiger charge is 2.51. The molecule has 0 aromatic rings. The first-order valence-electron chi connectivity index (χ1n) is 6.59. The van der Waals surface area contributed by atoms with E-state index in [1.54, 1.807) is 0 Å². The average molecular weight is 237 g/mol. The standard InChI is InChI=1S/C13H19NO3/c1-7-6-17-13(16)14(7)12(15)11-8(2)9-3-4-10(11)5-9/h7-11H,3-6H2,1-2H3. The number of imide groups is 1. The van der Waals surface area contributed by atoms with Crippen LogP contribution in [0, 0.1) is 23.7 Å². The molecular formula is C13H19NO3. The summed E-state index contributed by atoms with van der Waals surface area (Å²) in [5.41, 5.74) is 0. The molecule has 4 heteroatoms. The van der Waals surface area contributed by atoms with E-state index in [1.807, 2.05) is 6.92 Å². The minimum absolute atomic E-state index is 0.0136. The van der Waals surface area contributed by atoms with Crippen molar-refractivity contribution < 1.29 is 14.3 Å². The molecule has 2 bridgehead atoms. The predicted molar refractivity (Wildman–Crippen MR) is 61.1 cm³/mol. The van der Waals surface area contributed by atoms with Crippen molar-refractivity contribution in [1.82, 2.24) is 4.90 Å². The monoisotopic (exact) mass is 237 g/mol. The van der Waals surface area contributed by atoms with Gasteiger partial charge >= 0.3 is 6.09 Å². The summed E-state index contributed by atoms with van der Waals surface area (Å²) in [6, 6.07) is -0.0960. The number of nitrogens with zero attached hydrogens (tertiary/aromatic N) is 1. The van der Waals surface area contributed by atoms with Crippen LogP contribution in [0.4, 0.5) is 4.79 Å². The third-order valence-electron chi connectivity index (χ3n) is 4.94. The molecule has 2 aliphatic carbocycles. The Morgan fingerprint density at radius 2 is 2.00 bits per heavy atom. The van der Waals surface area contributed by atoms with E-state index in [-0.39, 0.29) is 17.9 Å². The zero-order valence-electron chi connectivity index (χ0n) is 10.4. The Morgan fingerprint density at radius 1 is 1.29 bits per heavy atom. The molecule has 5 unspecified atom stereocenters. The first-order valence-corrected chi connectivity index (χ1v) is 6.59. The van der Waals surface area contributed by atoms with E-state index in [2.05, 4.69) is 6.92 Å². The molecule has 1 heterocycles. The quantitative estimate of drug-likeness (QED) is 0.701. The molecule has 0 radical (unpaired) electrons. The van der Waals surface area contributed by atoms with Crippen molar-refractivity contribution >= 4 is 12.0 Å². The molecule has 3 aliphatic rings. The molecule has 0 aromatic heterocycles. The third kappa shape index (κ3) is 1.49. The number of hydrogen-bond donors (Lipinski definition) is 0. The van der Waals surface area contributed by atoms with Crippen molar-refractivity contribution in [2.24, 2.45) is 23.7 Å². The molecule has 0 N–H and O–H groups in total. The van der Waals surface area contributed by atoms with Crippen LogP contribution in [-0.4, -0.2) is 29.5 Å². The van der Waals surface area contributed by atoms with Crippen molar-refractivity contribution in [3.63, 3.8) is 0 Å². The lowest BCUT2D eigenvalue weighted by Gasteiger charge is -2.30. The molecule has 2 amide bonds. The molecule has 2 saturated carbocycles. The van der Waals surface area contributed by atoms with Crippen LogP contribution in [0.2, 0.25) is 0 Å². The molecular weight excluding hydrogens is 218 g/mol. The number of hydrogen-bond acceptors (Lipinski definition) is 3. The van der Waals surface area contributed by atoms with Crippen molar-refractivity contribution in [2.75, 3.05) is 6.61 Å². The van der Waals surface area contributed by atoms with Gasteiger partial charge in [0.25, 0.3) is 0 Å². The van der Waals surface area contributed by atoms with Crippen LogP contribution in [0.25, 0.3) is 0 Å². The number of cyclic esters (lactones) is 1. The lowest BCUT2D eigenvalue weighted by molar-refractivity contribution is -0.136. The maximum atomic E-state index is 12.5. The van der Waals surface area contributed by atoms with Crippen LogP contribution in [0.3, 0.4) is 0 Å². The van der Waals surface area contributed by atoms with Crippen LogP contribution >= 0.6 is 0 Å². The summed E-state index contributed by atoms with van der Waals surface area (Å²) in [5, 5.41) is 0. The minimum atomic E-state index is -0.447. The maximum Gasteiger partial charge on any atom is 0.416 e. The van der Waals surface area contributed by atoms with Gasteiger partial charge in [0.15, 0.2) is 0 Å². The highest BCUT2D eigenvalue weighted by molar-refractivity contribution is 5.95. The van der Waals surface area contributed by atoms with Crippen LogP contribution < -0.4 is 0 Å². The molecule has 94 valence electrons. The fraction of sp³-hybridized carbons (Fsp3) is 0.846. The predicted octanol–water partition coefficient (Wildman–Crippen LogP) is 2.04. The van der Waals surface area contributed by atoms with Gasteiger partial charge in [-0.25, -0.2) is 9.69 Å².